The van der Waals surface area contributed by atoms with Crippen LogP contribution in [0.2, 0.25) is 10.0 Å². The van der Waals surface area contributed by atoms with Crippen LogP contribution >= 0.6 is 23.2 Å². The first-order valence-corrected chi connectivity index (χ1v) is 9.75. The number of amides is 2. The van der Waals surface area contributed by atoms with Crippen molar-refractivity contribution in [1.29, 1.82) is 0 Å². The topological polar surface area (TPSA) is 58.6 Å². The van der Waals surface area contributed by atoms with Gasteiger partial charge in [0.1, 0.15) is 11.8 Å². The highest BCUT2D eigenvalue weighted by molar-refractivity contribution is 6.35. The standard InChI is InChI=1S/C21H24Cl2N2O3/c1-4-18(21(27)24-3)25(12-15-7-5-14(2)6-8-15)20(26)13-28-19-10-9-16(22)11-17(19)23/h5-11,18H,4,12-13H2,1-3H3,(H,24,27). The zero-order valence-electron chi connectivity index (χ0n) is 16.2. The maximum absolute atomic E-state index is 12.9. The van der Waals surface area contributed by atoms with E-state index in [1.807, 2.05) is 38.1 Å². The molecule has 28 heavy (non-hydrogen) atoms. The molecule has 0 saturated heterocycles. The van der Waals surface area contributed by atoms with Gasteiger partial charge in [-0.25, -0.2) is 0 Å². The highest BCUT2D eigenvalue weighted by atomic mass is 35.5. The number of hydrogen-bond acceptors (Lipinski definition) is 3. The summed E-state index contributed by atoms with van der Waals surface area (Å²) in [6.07, 6.45) is 0.485. The Bertz CT molecular complexity index is 825. The van der Waals surface area contributed by atoms with Gasteiger partial charge < -0.3 is 15.0 Å². The molecule has 0 bridgehead atoms. The van der Waals surface area contributed by atoms with Crippen LogP contribution in [0.1, 0.15) is 24.5 Å². The minimum atomic E-state index is -0.594. The number of ether oxygens (including phenoxy) is 1. The molecule has 0 aliphatic rings. The largest absolute Gasteiger partial charge is 0.482 e. The SMILES string of the molecule is CCC(C(=O)NC)N(Cc1ccc(C)cc1)C(=O)COc1ccc(Cl)cc1Cl. The summed E-state index contributed by atoms with van der Waals surface area (Å²) in [5.74, 6) is -0.155. The molecule has 2 rings (SSSR count). The van der Waals surface area contributed by atoms with Crippen LogP contribution in [0.5, 0.6) is 5.75 Å². The summed E-state index contributed by atoms with van der Waals surface area (Å²) < 4.78 is 5.59. The zero-order valence-corrected chi connectivity index (χ0v) is 17.7. The molecule has 2 amide bonds. The number of nitrogens with one attached hydrogen (secondary N) is 1. The molecular formula is C21H24Cl2N2O3. The third-order valence-corrected chi connectivity index (χ3v) is 4.88. The predicted octanol–water partition coefficient (Wildman–Crippen LogP) is 4.23. The van der Waals surface area contributed by atoms with Crippen LogP contribution in [-0.4, -0.2) is 36.4 Å². The molecule has 150 valence electrons. The summed E-state index contributed by atoms with van der Waals surface area (Å²) in [5.41, 5.74) is 2.06. The van der Waals surface area contributed by atoms with E-state index in [0.717, 1.165) is 11.1 Å². The average molecular weight is 423 g/mol. The number of aryl methyl sites for hydroxylation is 1. The molecule has 0 aromatic heterocycles. The molecule has 1 unspecified atom stereocenters. The summed E-state index contributed by atoms with van der Waals surface area (Å²) in [4.78, 5) is 26.8. The van der Waals surface area contributed by atoms with Crippen molar-refractivity contribution in [3.63, 3.8) is 0 Å². The Labute approximate surface area is 175 Å². The first kappa shape index (κ1) is 22.1. The molecule has 0 radical (unpaired) electrons. The second-order valence-corrected chi connectivity index (χ2v) is 7.25. The Morgan fingerprint density at radius 1 is 1.14 bits per heavy atom. The van der Waals surface area contributed by atoms with Crippen molar-refractivity contribution in [1.82, 2.24) is 10.2 Å². The Morgan fingerprint density at radius 3 is 2.39 bits per heavy atom. The van der Waals surface area contributed by atoms with Gasteiger partial charge in [0.25, 0.3) is 5.91 Å². The first-order valence-electron chi connectivity index (χ1n) is 9.00. The molecule has 2 aromatic carbocycles. The monoisotopic (exact) mass is 422 g/mol. The van der Waals surface area contributed by atoms with Crippen molar-refractivity contribution >= 4 is 35.0 Å². The Balaban J connectivity index is 2.19. The quantitative estimate of drug-likeness (QED) is 0.691. The highest BCUT2D eigenvalue weighted by Crippen LogP contribution is 2.27. The van der Waals surface area contributed by atoms with Crippen LogP contribution in [0.4, 0.5) is 0 Å². The number of carbonyl (C=O) groups excluding carboxylic acids is 2. The Hall–Kier alpha value is -2.24. The predicted molar refractivity (Wildman–Crippen MR) is 112 cm³/mol. The fourth-order valence-corrected chi connectivity index (χ4v) is 3.25. The van der Waals surface area contributed by atoms with Gasteiger partial charge in [-0.05, 0) is 37.1 Å². The molecule has 0 heterocycles. The van der Waals surface area contributed by atoms with Gasteiger partial charge in [-0.3, -0.25) is 9.59 Å². The van der Waals surface area contributed by atoms with Crippen LogP contribution in [0.3, 0.4) is 0 Å². The van der Waals surface area contributed by atoms with E-state index in [9.17, 15) is 9.59 Å². The van der Waals surface area contributed by atoms with Crippen molar-refractivity contribution in [2.75, 3.05) is 13.7 Å². The third kappa shape index (κ3) is 5.88. The smallest absolute Gasteiger partial charge is 0.261 e. The first-order chi connectivity index (χ1) is 13.3. The highest BCUT2D eigenvalue weighted by Gasteiger charge is 2.28. The number of halogens is 2. The lowest BCUT2D eigenvalue weighted by molar-refractivity contribution is -0.142. The summed E-state index contributed by atoms with van der Waals surface area (Å²) in [6, 6.07) is 12.0. The second-order valence-electron chi connectivity index (χ2n) is 6.41. The van der Waals surface area contributed by atoms with E-state index in [2.05, 4.69) is 5.32 Å². The fourth-order valence-electron chi connectivity index (χ4n) is 2.79. The minimum absolute atomic E-state index is 0.215. The van der Waals surface area contributed by atoms with Crippen LogP contribution in [0, 0.1) is 6.92 Å². The molecule has 0 aliphatic heterocycles. The van der Waals surface area contributed by atoms with Crippen molar-refractivity contribution in [2.45, 2.75) is 32.9 Å². The van der Waals surface area contributed by atoms with Gasteiger partial charge in [-0.2, -0.15) is 0 Å². The van der Waals surface area contributed by atoms with Crippen LogP contribution in [0.25, 0.3) is 0 Å². The van der Waals surface area contributed by atoms with Crippen molar-refractivity contribution in [2.24, 2.45) is 0 Å². The fraction of sp³-hybridized carbons (Fsp3) is 0.333. The molecule has 0 aliphatic carbocycles. The Kier molecular flexibility index (Phi) is 8.15. The number of likely N-dealkylation sites (N-methyl/N-ethyl adjacent to an activating group) is 1. The van der Waals surface area contributed by atoms with E-state index in [1.54, 1.807) is 25.2 Å². The number of nitrogens with zero attached hydrogens (tertiary/aromatic N) is 1. The van der Waals surface area contributed by atoms with Gasteiger partial charge in [0.15, 0.2) is 6.61 Å². The lowest BCUT2D eigenvalue weighted by atomic mass is 10.1. The van der Waals surface area contributed by atoms with Gasteiger partial charge in [0, 0.05) is 18.6 Å². The van der Waals surface area contributed by atoms with E-state index >= 15 is 0 Å². The van der Waals surface area contributed by atoms with Crippen molar-refractivity contribution < 1.29 is 14.3 Å². The molecular weight excluding hydrogens is 399 g/mol. The summed E-state index contributed by atoms with van der Waals surface area (Å²) in [5, 5.41) is 3.43. The van der Waals surface area contributed by atoms with Gasteiger partial charge in [0.05, 0.1) is 5.02 Å². The summed E-state index contributed by atoms with van der Waals surface area (Å²) in [6.45, 7) is 3.94. The number of carbonyl (C=O) groups is 2. The normalized spacial score (nSPS) is 11.6. The van der Waals surface area contributed by atoms with E-state index in [4.69, 9.17) is 27.9 Å². The maximum atomic E-state index is 12.9. The van der Waals surface area contributed by atoms with Gasteiger partial charge >= 0.3 is 0 Å². The lowest BCUT2D eigenvalue weighted by Gasteiger charge is -2.30. The molecule has 1 atom stereocenters. The number of rotatable bonds is 8. The van der Waals surface area contributed by atoms with Crippen LogP contribution in [-0.2, 0) is 16.1 Å². The number of benzene rings is 2. The van der Waals surface area contributed by atoms with E-state index in [1.165, 1.54) is 4.90 Å². The molecule has 1 N–H and O–H groups in total. The summed E-state index contributed by atoms with van der Waals surface area (Å²) >= 11 is 12.0. The average Bonchev–Trinajstić information content (AvgIpc) is 2.68. The van der Waals surface area contributed by atoms with Crippen molar-refractivity contribution in [3.05, 3.63) is 63.6 Å². The molecule has 0 spiro atoms. The lowest BCUT2D eigenvalue weighted by Crippen LogP contribution is -2.49. The van der Waals surface area contributed by atoms with Crippen LogP contribution in [0.15, 0.2) is 42.5 Å². The molecule has 5 nitrogen and oxygen atoms in total. The van der Waals surface area contributed by atoms with Crippen molar-refractivity contribution in [3.8, 4) is 5.75 Å². The van der Waals surface area contributed by atoms with Crippen LogP contribution < -0.4 is 10.1 Å². The van der Waals surface area contributed by atoms with Gasteiger partial charge in [-0.15, -0.1) is 0 Å². The Morgan fingerprint density at radius 2 is 1.82 bits per heavy atom. The van der Waals surface area contributed by atoms with Gasteiger partial charge in [-0.1, -0.05) is 60.0 Å². The molecule has 0 fully saturated rings. The maximum Gasteiger partial charge on any atom is 0.261 e. The van der Waals surface area contributed by atoms with E-state index in [0.29, 0.717) is 28.8 Å². The number of hydrogen-bond donors (Lipinski definition) is 1. The third-order valence-electron chi connectivity index (χ3n) is 4.35. The molecule has 0 saturated carbocycles. The second kappa shape index (κ2) is 10.3. The van der Waals surface area contributed by atoms with Gasteiger partial charge in [0.2, 0.25) is 5.91 Å². The zero-order chi connectivity index (χ0) is 20.7. The molecule has 7 heteroatoms. The summed E-state index contributed by atoms with van der Waals surface area (Å²) in [7, 11) is 1.56. The van der Waals surface area contributed by atoms with E-state index < -0.39 is 6.04 Å². The minimum Gasteiger partial charge on any atom is -0.482 e. The van der Waals surface area contributed by atoms with E-state index in [-0.39, 0.29) is 18.4 Å². The molecule has 2 aromatic rings.